The Morgan fingerprint density at radius 1 is 0.926 bits per heavy atom. The molecule has 7 nitrogen and oxygen atoms in total. The van der Waals surface area contributed by atoms with Gasteiger partial charge >= 0.3 is 0 Å². The molecule has 0 aliphatic carbocycles. The summed E-state index contributed by atoms with van der Waals surface area (Å²) in [7, 11) is 4.63. The molecule has 1 N–H and O–H groups in total. The molecule has 2 rings (SSSR count). The van der Waals surface area contributed by atoms with Crippen molar-refractivity contribution < 1.29 is 23.8 Å². The van der Waals surface area contributed by atoms with E-state index in [1.165, 1.54) is 26.0 Å². The van der Waals surface area contributed by atoms with Crippen molar-refractivity contribution in [3.63, 3.8) is 0 Å². The maximum Gasteiger partial charge on any atom is 0.240 e. The van der Waals surface area contributed by atoms with Gasteiger partial charge < -0.3 is 24.4 Å². The summed E-state index contributed by atoms with van der Waals surface area (Å²) >= 11 is 0. The van der Waals surface area contributed by atoms with Gasteiger partial charge in [-0.3, -0.25) is 9.59 Å². The lowest BCUT2D eigenvalue weighted by Crippen LogP contribution is -2.39. The number of nitrogens with one attached hydrogen (secondary N) is 1. The molecular formula is C20H24N2O5. The Labute approximate surface area is 158 Å². The fraction of sp³-hybridized carbons (Fsp3) is 0.300. The molecule has 2 amide bonds. The number of benzene rings is 2. The molecule has 0 fully saturated rings. The number of methoxy groups -OCH3 is 3. The SMILES string of the molecule is COc1ccccc1CNC(=O)CN(C(C)=O)c1ccc(OC)c(OC)c1. The number of hydrogen-bond donors (Lipinski definition) is 1. The predicted octanol–water partition coefficient (Wildman–Crippen LogP) is 2.38. The second-order valence-corrected chi connectivity index (χ2v) is 5.73. The van der Waals surface area contributed by atoms with Gasteiger partial charge in [-0.05, 0) is 18.2 Å². The Bertz CT molecular complexity index is 807. The van der Waals surface area contributed by atoms with Crippen molar-refractivity contribution in [1.82, 2.24) is 5.32 Å². The normalized spacial score (nSPS) is 10.1. The minimum absolute atomic E-state index is 0.111. The largest absolute Gasteiger partial charge is 0.496 e. The first-order valence-electron chi connectivity index (χ1n) is 8.38. The van der Waals surface area contributed by atoms with E-state index in [1.807, 2.05) is 24.3 Å². The van der Waals surface area contributed by atoms with Crippen LogP contribution in [-0.2, 0) is 16.1 Å². The zero-order chi connectivity index (χ0) is 19.8. The highest BCUT2D eigenvalue weighted by molar-refractivity contribution is 5.97. The van der Waals surface area contributed by atoms with E-state index in [2.05, 4.69) is 5.32 Å². The Morgan fingerprint density at radius 2 is 1.59 bits per heavy atom. The standard InChI is InChI=1S/C20H24N2O5/c1-14(23)22(16-9-10-18(26-3)19(11-16)27-4)13-20(24)21-12-15-7-5-6-8-17(15)25-2/h5-11H,12-13H2,1-4H3,(H,21,24). The van der Waals surface area contributed by atoms with Crippen LogP contribution in [0.3, 0.4) is 0 Å². The summed E-state index contributed by atoms with van der Waals surface area (Å²) in [6.07, 6.45) is 0. The van der Waals surface area contributed by atoms with Gasteiger partial charge in [-0.25, -0.2) is 0 Å². The average molecular weight is 372 g/mol. The fourth-order valence-corrected chi connectivity index (χ4v) is 2.62. The van der Waals surface area contributed by atoms with Crippen molar-refractivity contribution in [1.29, 1.82) is 0 Å². The van der Waals surface area contributed by atoms with Crippen LogP contribution in [0, 0.1) is 0 Å². The summed E-state index contributed by atoms with van der Waals surface area (Å²) in [6, 6.07) is 12.5. The van der Waals surface area contributed by atoms with Crippen LogP contribution in [0.25, 0.3) is 0 Å². The minimum Gasteiger partial charge on any atom is -0.496 e. The van der Waals surface area contributed by atoms with E-state index in [9.17, 15) is 9.59 Å². The molecule has 0 heterocycles. The lowest BCUT2D eigenvalue weighted by Gasteiger charge is -2.22. The van der Waals surface area contributed by atoms with E-state index in [-0.39, 0.29) is 18.4 Å². The smallest absolute Gasteiger partial charge is 0.240 e. The van der Waals surface area contributed by atoms with E-state index in [0.717, 1.165) is 5.56 Å². The van der Waals surface area contributed by atoms with Crippen molar-refractivity contribution in [3.05, 3.63) is 48.0 Å². The fourth-order valence-electron chi connectivity index (χ4n) is 2.62. The molecule has 0 bridgehead atoms. The number of anilines is 1. The van der Waals surface area contributed by atoms with Crippen LogP contribution in [0.1, 0.15) is 12.5 Å². The molecule has 7 heteroatoms. The van der Waals surface area contributed by atoms with E-state index >= 15 is 0 Å². The summed E-state index contributed by atoms with van der Waals surface area (Å²) < 4.78 is 15.7. The summed E-state index contributed by atoms with van der Waals surface area (Å²) in [4.78, 5) is 25.8. The van der Waals surface area contributed by atoms with Crippen LogP contribution >= 0.6 is 0 Å². The second kappa shape index (κ2) is 9.47. The van der Waals surface area contributed by atoms with Crippen LogP contribution in [-0.4, -0.2) is 39.7 Å². The molecule has 0 aromatic heterocycles. The van der Waals surface area contributed by atoms with Gasteiger partial charge in [-0.1, -0.05) is 18.2 Å². The van der Waals surface area contributed by atoms with E-state index in [1.54, 1.807) is 25.3 Å². The number of para-hydroxylation sites is 1. The van der Waals surface area contributed by atoms with Crippen LogP contribution < -0.4 is 24.4 Å². The van der Waals surface area contributed by atoms with Crippen LogP contribution in [0.5, 0.6) is 17.2 Å². The first kappa shape index (κ1) is 20.1. The van der Waals surface area contributed by atoms with Gasteiger partial charge in [-0.2, -0.15) is 0 Å². The zero-order valence-electron chi connectivity index (χ0n) is 15.9. The Morgan fingerprint density at radius 3 is 2.22 bits per heavy atom. The molecule has 2 aromatic rings. The van der Waals surface area contributed by atoms with E-state index in [0.29, 0.717) is 29.5 Å². The van der Waals surface area contributed by atoms with Crippen molar-refractivity contribution in [2.24, 2.45) is 0 Å². The van der Waals surface area contributed by atoms with Gasteiger partial charge in [0, 0.05) is 30.8 Å². The summed E-state index contributed by atoms with van der Waals surface area (Å²) in [5.41, 5.74) is 1.40. The van der Waals surface area contributed by atoms with Crippen LogP contribution in [0.4, 0.5) is 5.69 Å². The quantitative estimate of drug-likeness (QED) is 0.770. The summed E-state index contributed by atoms with van der Waals surface area (Å²) in [5, 5.41) is 2.81. The number of rotatable bonds is 8. The highest BCUT2D eigenvalue weighted by Gasteiger charge is 2.18. The number of nitrogens with zero attached hydrogens (tertiary/aromatic N) is 1. The van der Waals surface area contributed by atoms with Crippen LogP contribution in [0.15, 0.2) is 42.5 Å². The number of carbonyl (C=O) groups is 2. The predicted molar refractivity (Wildman–Crippen MR) is 102 cm³/mol. The van der Waals surface area contributed by atoms with E-state index < -0.39 is 0 Å². The van der Waals surface area contributed by atoms with Gasteiger partial charge in [0.05, 0.1) is 21.3 Å². The monoisotopic (exact) mass is 372 g/mol. The molecule has 2 aromatic carbocycles. The Balaban J connectivity index is 2.09. The van der Waals surface area contributed by atoms with Gasteiger partial charge in [0.15, 0.2) is 11.5 Å². The molecule has 0 saturated carbocycles. The third-order valence-corrected chi connectivity index (χ3v) is 4.03. The van der Waals surface area contributed by atoms with E-state index in [4.69, 9.17) is 14.2 Å². The molecule has 27 heavy (non-hydrogen) atoms. The van der Waals surface area contributed by atoms with Crippen molar-refractivity contribution in [2.75, 3.05) is 32.8 Å². The molecule has 0 saturated heterocycles. The molecule has 0 aliphatic rings. The number of hydrogen-bond acceptors (Lipinski definition) is 5. The molecule has 0 aliphatic heterocycles. The molecule has 0 spiro atoms. The molecule has 144 valence electrons. The number of ether oxygens (including phenoxy) is 3. The molecular weight excluding hydrogens is 348 g/mol. The molecule has 0 radical (unpaired) electrons. The highest BCUT2D eigenvalue weighted by Crippen LogP contribution is 2.31. The third kappa shape index (κ3) is 5.13. The topological polar surface area (TPSA) is 77.1 Å². The van der Waals surface area contributed by atoms with Crippen molar-refractivity contribution in [3.8, 4) is 17.2 Å². The lowest BCUT2D eigenvalue weighted by atomic mass is 10.2. The molecule has 0 unspecified atom stereocenters. The van der Waals surface area contributed by atoms with Gasteiger partial charge in [0.2, 0.25) is 11.8 Å². The maximum absolute atomic E-state index is 12.4. The Kier molecular flexibility index (Phi) is 7.05. The van der Waals surface area contributed by atoms with Crippen molar-refractivity contribution in [2.45, 2.75) is 13.5 Å². The first-order chi connectivity index (χ1) is 13.0. The maximum atomic E-state index is 12.4. The van der Waals surface area contributed by atoms with Crippen molar-refractivity contribution >= 4 is 17.5 Å². The van der Waals surface area contributed by atoms with Crippen LogP contribution in [0.2, 0.25) is 0 Å². The highest BCUT2D eigenvalue weighted by atomic mass is 16.5. The zero-order valence-corrected chi connectivity index (χ0v) is 15.9. The average Bonchev–Trinajstić information content (AvgIpc) is 2.69. The van der Waals surface area contributed by atoms with Gasteiger partial charge in [0.1, 0.15) is 12.3 Å². The lowest BCUT2D eigenvalue weighted by molar-refractivity contribution is -0.123. The minimum atomic E-state index is -0.286. The summed E-state index contributed by atoms with van der Waals surface area (Å²) in [5.74, 6) is 1.18. The summed E-state index contributed by atoms with van der Waals surface area (Å²) in [6.45, 7) is 1.60. The number of amides is 2. The van der Waals surface area contributed by atoms with Gasteiger partial charge in [-0.15, -0.1) is 0 Å². The third-order valence-electron chi connectivity index (χ3n) is 4.03. The molecule has 0 atom stereocenters. The second-order valence-electron chi connectivity index (χ2n) is 5.73. The van der Waals surface area contributed by atoms with Gasteiger partial charge in [0.25, 0.3) is 0 Å². The first-order valence-corrected chi connectivity index (χ1v) is 8.38. The Hall–Kier alpha value is -3.22. The number of carbonyl (C=O) groups excluding carboxylic acids is 2.